The van der Waals surface area contributed by atoms with Crippen LogP contribution in [0.25, 0.3) is 0 Å². The van der Waals surface area contributed by atoms with E-state index in [1.807, 2.05) is 65.6 Å². The van der Waals surface area contributed by atoms with Crippen LogP contribution in [0.1, 0.15) is 51.0 Å². The SMILES string of the molecule is C=CCN(C(=O)Nc1ccc(Oc2ccccc2)cc1)C1CCN(O[C@]2(c3ccccc3)CN(C(=O)C3CCCC3)C[C@@H]2C)CC1. The van der Waals surface area contributed by atoms with Gasteiger partial charge in [0.05, 0.1) is 6.54 Å². The normalized spacial score (nSPS) is 22.5. The first-order valence-corrected chi connectivity index (χ1v) is 16.7. The van der Waals surface area contributed by atoms with Gasteiger partial charge in [-0.15, -0.1) is 6.58 Å². The van der Waals surface area contributed by atoms with Crippen LogP contribution in [0.4, 0.5) is 10.5 Å². The quantitative estimate of drug-likeness (QED) is 0.238. The number of carbonyl (C=O) groups excluding carboxylic acids is 2. The molecule has 2 aliphatic heterocycles. The van der Waals surface area contributed by atoms with Gasteiger partial charge in [-0.1, -0.05) is 74.4 Å². The molecule has 46 heavy (non-hydrogen) atoms. The first-order valence-electron chi connectivity index (χ1n) is 16.7. The number of para-hydroxylation sites is 1. The van der Waals surface area contributed by atoms with Crippen molar-refractivity contribution >= 4 is 17.6 Å². The van der Waals surface area contributed by atoms with Crippen molar-refractivity contribution in [3.8, 4) is 11.5 Å². The van der Waals surface area contributed by atoms with Crippen molar-refractivity contribution in [2.45, 2.75) is 57.1 Å². The van der Waals surface area contributed by atoms with Gasteiger partial charge in [-0.3, -0.25) is 9.63 Å². The van der Waals surface area contributed by atoms with Crippen LogP contribution in [0, 0.1) is 11.8 Å². The van der Waals surface area contributed by atoms with E-state index in [2.05, 4.69) is 53.0 Å². The summed E-state index contributed by atoms with van der Waals surface area (Å²) in [6.45, 7) is 9.22. The average molecular weight is 623 g/mol. The summed E-state index contributed by atoms with van der Waals surface area (Å²) in [5, 5.41) is 5.13. The summed E-state index contributed by atoms with van der Waals surface area (Å²) < 4.78 is 5.89. The molecule has 8 nitrogen and oxygen atoms in total. The number of hydrogen-bond donors (Lipinski definition) is 1. The van der Waals surface area contributed by atoms with E-state index in [1.165, 1.54) is 0 Å². The third-order valence-corrected chi connectivity index (χ3v) is 9.82. The van der Waals surface area contributed by atoms with E-state index in [0.717, 1.165) is 49.8 Å². The molecule has 2 atom stereocenters. The molecule has 3 amide bonds. The molecule has 3 aliphatic rings. The molecule has 2 heterocycles. The first-order chi connectivity index (χ1) is 22.4. The Morgan fingerprint density at radius 2 is 1.54 bits per heavy atom. The summed E-state index contributed by atoms with van der Waals surface area (Å²) in [4.78, 5) is 37.8. The molecule has 2 saturated heterocycles. The number of amides is 3. The fraction of sp³-hybridized carbons (Fsp3) is 0.421. The van der Waals surface area contributed by atoms with E-state index in [-0.39, 0.29) is 29.8 Å². The highest BCUT2D eigenvalue weighted by atomic mass is 16.7. The lowest BCUT2D eigenvalue weighted by Crippen LogP contribution is -2.51. The zero-order chi connectivity index (χ0) is 31.9. The Bertz CT molecular complexity index is 1450. The van der Waals surface area contributed by atoms with Gasteiger partial charge >= 0.3 is 6.03 Å². The van der Waals surface area contributed by atoms with Gasteiger partial charge in [0.25, 0.3) is 0 Å². The predicted molar refractivity (Wildman–Crippen MR) is 180 cm³/mol. The topological polar surface area (TPSA) is 74.4 Å². The fourth-order valence-corrected chi connectivity index (χ4v) is 7.29. The van der Waals surface area contributed by atoms with E-state index in [4.69, 9.17) is 9.57 Å². The van der Waals surface area contributed by atoms with Crippen LogP contribution in [0.5, 0.6) is 11.5 Å². The molecule has 6 rings (SSSR count). The number of benzene rings is 3. The molecule has 1 aliphatic carbocycles. The number of carbonyl (C=O) groups is 2. The summed E-state index contributed by atoms with van der Waals surface area (Å²) in [6.07, 6.45) is 7.61. The van der Waals surface area contributed by atoms with Crippen molar-refractivity contribution in [3.63, 3.8) is 0 Å². The Hall–Kier alpha value is -4.14. The first kappa shape index (κ1) is 31.8. The van der Waals surface area contributed by atoms with Crippen LogP contribution >= 0.6 is 0 Å². The second-order valence-corrected chi connectivity index (χ2v) is 12.9. The summed E-state index contributed by atoms with van der Waals surface area (Å²) in [5.74, 6) is 2.05. The Kier molecular flexibility index (Phi) is 10.0. The highest BCUT2D eigenvalue weighted by molar-refractivity contribution is 5.89. The molecule has 0 radical (unpaired) electrons. The van der Waals surface area contributed by atoms with Gasteiger partial charge in [-0.05, 0) is 67.6 Å². The van der Waals surface area contributed by atoms with E-state index < -0.39 is 5.60 Å². The minimum atomic E-state index is -0.600. The number of piperidine rings is 1. The molecule has 1 saturated carbocycles. The standard InChI is InChI=1S/C38H46N4O4/c1-3-24-42(37(44)39-32-18-20-35(21-19-32)45-34-16-8-5-9-17-34)33-22-25-41(26-23-33)46-38(31-14-6-4-7-15-31)28-40(27-29(38)2)36(43)30-12-10-11-13-30/h3-9,14-21,29-30,33H,1,10-13,22-28H2,2H3,(H,39,44)/t29-,38+/m0/s1. The molecule has 0 unspecified atom stereocenters. The van der Waals surface area contributed by atoms with E-state index in [0.29, 0.717) is 44.2 Å². The number of hydroxylamine groups is 2. The van der Waals surface area contributed by atoms with Gasteiger partial charge in [0.1, 0.15) is 17.1 Å². The number of ether oxygens (including phenoxy) is 1. The molecule has 0 spiro atoms. The number of hydrogen-bond acceptors (Lipinski definition) is 5. The average Bonchev–Trinajstić information content (AvgIpc) is 3.75. The van der Waals surface area contributed by atoms with Crippen LogP contribution in [-0.2, 0) is 15.2 Å². The van der Waals surface area contributed by atoms with Crippen molar-refractivity contribution in [1.82, 2.24) is 14.9 Å². The van der Waals surface area contributed by atoms with Crippen molar-refractivity contribution in [2.24, 2.45) is 11.8 Å². The monoisotopic (exact) mass is 622 g/mol. The molecule has 0 aromatic heterocycles. The second-order valence-electron chi connectivity index (χ2n) is 12.9. The Labute approximate surface area is 272 Å². The Morgan fingerprint density at radius 3 is 2.20 bits per heavy atom. The highest BCUT2D eigenvalue weighted by Gasteiger charge is 2.51. The maximum Gasteiger partial charge on any atom is 0.322 e. The maximum absolute atomic E-state index is 13.5. The van der Waals surface area contributed by atoms with E-state index in [9.17, 15) is 9.59 Å². The molecule has 3 aromatic carbocycles. The Morgan fingerprint density at radius 1 is 0.913 bits per heavy atom. The molecule has 8 heteroatoms. The predicted octanol–water partition coefficient (Wildman–Crippen LogP) is 7.46. The van der Waals surface area contributed by atoms with Gasteiger partial charge in [0.15, 0.2) is 0 Å². The summed E-state index contributed by atoms with van der Waals surface area (Å²) in [7, 11) is 0. The number of urea groups is 1. The van der Waals surface area contributed by atoms with Gasteiger partial charge in [-0.25, -0.2) is 4.79 Å². The lowest BCUT2D eigenvalue weighted by atomic mass is 9.85. The van der Waals surface area contributed by atoms with Crippen LogP contribution in [0.2, 0.25) is 0 Å². The number of rotatable bonds is 10. The third-order valence-electron chi connectivity index (χ3n) is 9.82. The lowest BCUT2D eigenvalue weighted by Gasteiger charge is -2.42. The van der Waals surface area contributed by atoms with Crippen molar-refractivity contribution < 1.29 is 19.2 Å². The zero-order valence-corrected chi connectivity index (χ0v) is 26.9. The van der Waals surface area contributed by atoms with Gasteiger partial charge in [-0.2, -0.15) is 5.06 Å². The van der Waals surface area contributed by atoms with Crippen molar-refractivity contribution in [2.75, 3.05) is 38.0 Å². The molecule has 1 N–H and O–H groups in total. The lowest BCUT2D eigenvalue weighted by molar-refractivity contribution is -0.268. The van der Waals surface area contributed by atoms with Gasteiger partial charge in [0, 0.05) is 49.7 Å². The van der Waals surface area contributed by atoms with E-state index in [1.54, 1.807) is 6.08 Å². The smallest absolute Gasteiger partial charge is 0.322 e. The molecule has 3 fully saturated rings. The van der Waals surface area contributed by atoms with Crippen LogP contribution in [-0.4, -0.2) is 65.6 Å². The minimum Gasteiger partial charge on any atom is -0.457 e. The summed E-state index contributed by atoms with van der Waals surface area (Å²) in [5.41, 5.74) is 1.22. The van der Waals surface area contributed by atoms with Crippen LogP contribution in [0.15, 0.2) is 97.6 Å². The molecule has 0 bridgehead atoms. The minimum absolute atomic E-state index is 0.0488. The van der Waals surface area contributed by atoms with Crippen LogP contribution < -0.4 is 10.1 Å². The fourth-order valence-electron chi connectivity index (χ4n) is 7.29. The number of likely N-dealkylation sites (tertiary alicyclic amines) is 1. The second kappa shape index (κ2) is 14.5. The Balaban J connectivity index is 1.08. The highest BCUT2D eigenvalue weighted by Crippen LogP contribution is 2.43. The summed E-state index contributed by atoms with van der Waals surface area (Å²) >= 11 is 0. The molecule has 242 valence electrons. The van der Waals surface area contributed by atoms with Gasteiger partial charge in [0.2, 0.25) is 5.91 Å². The van der Waals surface area contributed by atoms with Crippen molar-refractivity contribution in [1.29, 1.82) is 0 Å². The summed E-state index contributed by atoms with van der Waals surface area (Å²) in [6, 6.07) is 27.3. The number of nitrogens with one attached hydrogen (secondary N) is 1. The largest absolute Gasteiger partial charge is 0.457 e. The van der Waals surface area contributed by atoms with Crippen molar-refractivity contribution in [3.05, 3.63) is 103 Å². The molecular weight excluding hydrogens is 576 g/mol. The number of anilines is 1. The van der Waals surface area contributed by atoms with E-state index >= 15 is 0 Å². The van der Waals surface area contributed by atoms with Crippen LogP contribution in [0.3, 0.4) is 0 Å². The number of nitrogens with zero attached hydrogens (tertiary/aromatic N) is 3. The third kappa shape index (κ3) is 7.13. The zero-order valence-electron chi connectivity index (χ0n) is 26.9. The molecular formula is C38H46N4O4. The molecule has 3 aromatic rings. The van der Waals surface area contributed by atoms with Gasteiger partial charge < -0.3 is 19.9 Å². The maximum atomic E-state index is 13.5.